The summed E-state index contributed by atoms with van der Waals surface area (Å²) in [5.41, 5.74) is -0.943. The average Bonchev–Trinajstić information content (AvgIpc) is 2.32. The molecule has 0 saturated carbocycles. The van der Waals surface area contributed by atoms with Crippen molar-refractivity contribution in [2.24, 2.45) is 5.92 Å². The van der Waals surface area contributed by atoms with Crippen LogP contribution < -0.4 is 5.32 Å². The van der Waals surface area contributed by atoms with E-state index in [2.05, 4.69) is 29.1 Å². The minimum atomic E-state index is -4.44. The molecule has 1 N–H and O–H groups in total. The predicted octanol–water partition coefficient (Wildman–Crippen LogP) is 2.97. The van der Waals surface area contributed by atoms with Gasteiger partial charge in [0.05, 0.1) is 0 Å². The summed E-state index contributed by atoms with van der Waals surface area (Å²) >= 11 is 0. The molecule has 0 aliphatic rings. The molecular weight excluding hydrogens is 259 g/mol. The summed E-state index contributed by atoms with van der Waals surface area (Å²) < 4.78 is 42.5. The van der Waals surface area contributed by atoms with Crippen molar-refractivity contribution in [2.45, 2.75) is 26.4 Å². The van der Waals surface area contributed by atoms with Crippen LogP contribution in [0.2, 0.25) is 0 Å². The minimum Gasteiger partial charge on any atom is -0.381 e. The maximum atomic E-state index is 12.4. The van der Waals surface area contributed by atoms with Crippen LogP contribution in [-0.4, -0.2) is 29.7 Å². The van der Waals surface area contributed by atoms with Gasteiger partial charge >= 0.3 is 6.18 Å². The quantitative estimate of drug-likeness (QED) is 0.778. The van der Waals surface area contributed by atoms with Crippen LogP contribution in [0.15, 0.2) is 12.3 Å². The van der Waals surface area contributed by atoms with Crippen LogP contribution in [0.25, 0.3) is 0 Å². The van der Waals surface area contributed by atoms with Gasteiger partial charge in [0.2, 0.25) is 5.95 Å². The highest BCUT2D eigenvalue weighted by Crippen LogP contribution is 2.27. The van der Waals surface area contributed by atoms with Gasteiger partial charge in [-0.25, -0.2) is 9.97 Å². The van der Waals surface area contributed by atoms with Crippen molar-refractivity contribution >= 4 is 5.95 Å². The second-order valence-corrected chi connectivity index (χ2v) is 4.51. The van der Waals surface area contributed by atoms with Crippen LogP contribution in [0.3, 0.4) is 0 Å². The number of ether oxygens (including phenoxy) is 1. The summed E-state index contributed by atoms with van der Waals surface area (Å²) in [5.74, 6) is 0.457. The SMILES string of the molecule is CC(C)COCCCNc1nccc(C(F)(F)F)n1. The number of anilines is 1. The van der Waals surface area contributed by atoms with Crippen LogP contribution in [0.5, 0.6) is 0 Å². The number of alkyl halides is 3. The molecule has 7 heteroatoms. The number of nitrogens with zero attached hydrogens (tertiary/aromatic N) is 2. The zero-order valence-corrected chi connectivity index (χ0v) is 11.0. The van der Waals surface area contributed by atoms with Crippen LogP contribution in [0, 0.1) is 5.92 Å². The number of hydrogen-bond acceptors (Lipinski definition) is 4. The normalized spacial score (nSPS) is 11.9. The van der Waals surface area contributed by atoms with Crippen molar-refractivity contribution in [2.75, 3.05) is 25.1 Å². The molecule has 0 aliphatic heterocycles. The summed E-state index contributed by atoms with van der Waals surface area (Å²) in [6.07, 6.45) is -2.67. The highest BCUT2D eigenvalue weighted by atomic mass is 19.4. The molecule has 1 aromatic rings. The summed E-state index contributed by atoms with van der Waals surface area (Å²) in [4.78, 5) is 7.14. The van der Waals surface area contributed by atoms with Crippen molar-refractivity contribution in [1.82, 2.24) is 9.97 Å². The highest BCUT2D eigenvalue weighted by molar-refractivity contribution is 5.25. The first-order valence-corrected chi connectivity index (χ1v) is 6.11. The maximum absolute atomic E-state index is 12.4. The third kappa shape index (κ3) is 6.37. The van der Waals surface area contributed by atoms with Crippen molar-refractivity contribution < 1.29 is 17.9 Å². The molecule has 0 aliphatic carbocycles. The fourth-order valence-electron chi connectivity index (χ4n) is 1.30. The molecule has 0 spiro atoms. The fraction of sp³-hybridized carbons (Fsp3) is 0.667. The van der Waals surface area contributed by atoms with Crippen molar-refractivity contribution in [3.63, 3.8) is 0 Å². The first kappa shape index (κ1) is 15.7. The molecule has 4 nitrogen and oxygen atoms in total. The zero-order valence-electron chi connectivity index (χ0n) is 11.0. The van der Waals surface area contributed by atoms with E-state index < -0.39 is 11.9 Å². The van der Waals surface area contributed by atoms with Gasteiger partial charge in [0, 0.05) is 26.0 Å². The first-order valence-electron chi connectivity index (χ1n) is 6.11. The van der Waals surface area contributed by atoms with E-state index in [-0.39, 0.29) is 5.95 Å². The Labute approximate surface area is 110 Å². The lowest BCUT2D eigenvalue weighted by atomic mass is 10.2. The predicted molar refractivity (Wildman–Crippen MR) is 65.8 cm³/mol. The van der Waals surface area contributed by atoms with Crippen molar-refractivity contribution in [1.29, 1.82) is 0 Å². The Morgan fingerprint density at radius 3 is 2.74 bits per heavy atom. The molecular formula is C12H18F3N3O. The molecule has 1 heterocycles. The number of rotatable bonds is 7. The Morgan fingerprint density at radius 2 is 2.11 bits per heavy atom. The Morgan fingerprint density at radius 1 is 1.37 bits per heavy atom. The molecule has 0 radical (unpaired) electrons. The lowest BCUT2D eigenvalue weighted by Crippen LogP contribution is -2.13. The van der Waals surface area contributed by atoms with Crippen LogP contribution >= 0.6 is 0 Å². The van der Waals surface area contributed by atoms with Gasteiger partial charge in [-0.15, -0.1) is 0 Å². The van der Waals surface area contributed by atoms with Crippen molar-refractivity contribution in [3.8, 4) is 0 Å². The molecule has 0 amide bonds. The smallest absolute Gasteiger partial charge is 0.381 e. The standard InChI is InChI=1S/C12H18F3N3O/c1-9(2)8-19-7-3-5-16-11-17-6-4-10(18-11)12(13,14)15/h4,6,9H,3,5,7-8H2,1-2H3,(H,16,17,18). The summed E-state index contributed by atoms with van der Waals surface area (Å²) in [6, 6.07) is 0.844. The molecule has 0 saturated heterocycles. The summed E-state index contributed by atoms with van der Waals surface area (Å²) in [7, 11) is 0. The molecule has 1 rings (SSSR count). The first-order chi connectivity index (χ1) is 8.89. The van der Waals surface area contributed by atoms with E-state index in [4.69, 9.17) is 4.74 Å². The summed E-state index contributed by atoms with van der Waals surface area (Å²) in [5, 5.41) is 2.74. The fourth-order valence-corrected chi connectivity index (χ4v) is 1.30. The Balaban J connectivity index is 2.30. The molecule has 0 fully saturated rings. The van der Waals surface area contributed by atoms with E-state index in [1.54, 1.807) is 0 Å². The van der Waals surface area contributed by atoms with E-state index in [0.29, 0.717) is 32.1 Å². The summed E-state index contributed by atoms with van der Waals surface area (Å²) in [6.45, 7) is 5.81. The van der Waals surface area contributed by atoms with Gasteiger partial charge < -0.3 is 10.1 Å². The lowest BCUT2D eigenvalue weighted by Gasteiger charge is -2.09. The molecule has 0 aromatic carbocycles. The van der Waals surface area contributed by atoms with Crippen molar-refractivity contribution in [3.05, 3.63) is 18.0 Å². The van der Waals surface area contributed by atoms with Gasteiger partial charge in [-0.05, 0) is 18.4 Å². The van der Waals surface area contributed by atoms with Gasteiger partial charge in [0.1, 0.15) is 5.69 Å². The molecule has 108 valence electrons. The lowest BCUT2D eigenvalue weighted by molar-refractivity contribution is -0.141. The number of halogens is 3. The van der Waals surface area contributed by atoms with Gasteiger partial charge in [-0.2, -0.15) is 13.2 Å². The van der Waals surface area contributed by atoms with E-state index in [1.165, 1.54) is 0 Å². The Bertz CT molecular complexity index is 383. The van der Waals surface area contributed by atoms with Crippen LogP contribution in [0.4, 0.5) is 19.1 Å². The van der Waals surface area contributed by atoms with E-state index >= 15 is 0 Å². The highest BCUT2D eigenvalue weighted by Gasteiger charge is 2.32. The number of aromatic nitrogens is 2. The number of hydrogen-bond donors (Lipinski definition) is 1. The van der Waals surface area contributed by atoms with Gasteiger partial charge in [-0.1, -0.05) is 13.8 Å². The number of nitrogens with one attached hydrogen (secondary N) is 1. The van der Waals surface area contributed by atoms with E-state index in [9.17, 15) is 13.2 Å². The van der Waals surface area contributed by atoms with Gasteiger partial charge in [-0.3, -0.25) is 0 Å². The molecule has 19 heavy (non-hydrogen) atoms. The van der Waals surface area contributed by atoms with Crippen LogP contribution in [0.1, 0.15) is 26.0 Å². The molecule has 0 atom stereocenters. The molecule has 1 aromatic heterocycles. The minimum absolute atomic E-state index is 0.0151. The van der Waals surface area contributed by atoms with Gasteiger partial charge in [0.15, 0.2) is 0 Å². The van der Waals surface area contributed by atoms with Gasteiger partial charge in [0.25, 0.3) is 0 Å². The van der Waals surface area contributed by atoms with Crippen LogP contribution in [-0.2, 0) is 10.9 Å². The monoisotopic (exact) mass is 277 g/mol. The van der Waals surface area contributed by atoms with E-state index in [1.807, 2.05) is 0 Å². The third-order valence-electron chi connectivity index (χ3n) is 2.15. The average molecular weight is 277 g/mol. The zero-order chi connectivity index (χ0) is 14.3. The molecule has 0 unspecified atom stereocenters. The molecule has 0 bridgehead atoms. The van der Waals surface area contributed by atoms with E-state index in [0.717, 1.165) is 12.3 Å². The Hall–Kier alpha value is -1.37. The topological polar surface area (TPSA) is 47.0 Å². The largest absolute Gasteiger partial charge is 0.433 e. The second kappa shape index (κ2) is 7.28. The Kier molecular flexibility index (Phi) is 6.01. The second-order valence-electron chi connectivity index (χ2n) is 4.51. The maximum Gasteiger partial charge on any atom is 0.433 e. The third-order valence-corrected chi connectivity index (χ3v) is 2.15.